The topological polar surface area (TPSA) is 69.9 Å². The lowest BCUT2D eigenvalue weighted by Gasteiger charge is -2.32. The predicted molar refractivity (Wildman–Crippen MR) is 96.6 cm³/mol. The smallest absolute Gasteiger partial charge is 0.0854 e. The maximum absolute atomic E-state index is 10.0. The van der Waals surface area contributed by atoms with Crippen LogP contribution in [0.3, 0.4) is 0 Å². The largest absolute Gasteiger partial charge is 0.394 e. The minimum Gasteiger partial charge on any atom is -0.394 e. The molecule has 3 N–H and O–H groups in total. The van der Waals surface area contributed by atoms with Crippen LogP contribution < -0.4 is 0 Å². The Morgan fingerprint density at radius 1 is 1.00 bits per heavy atom. The van der Waals surface area contributed by atoms with Crippen LogP contribution in [-0.4, -0.2) is 34.1 Å². The summed E-state index contributed by atoms with van der Waals surface area (Å²) in [5.74, 6) is 0. The summed E-state index contributed by atoms with van der Waals surface area (Å²) in [6.45, 7) is -0.0604. The lowest BCUT2D eigenvalue weighted by molar-refractivity contribution is -0.113. The van der Waals surface area contributed by atoms with Gasteiger partial charge in [0.15, 0.2) is 0 Å². The third-order valence-corrected chi connectivity index (χ3v) is 4.99. The van der Waals surface area contributed by atoms with Crippen molar-refractivity contribution in [2.45, 2.75) is 44.2 Å². The molecule has 0 bridgehead atoms. The van der Waals surface area contributed by atoms with E-state index >= 15 is 0 Å². The first kappa shape index (κ1) is 18.4. The number of rotatable bonds is 5. The van der Waals surface area contributed by atoms with Crippen molar-refractivity contribution in [3.63, 3.8) is 0 Å². The highest BCUT2D eigenvalue weighted by Gasteiger charge is 2.29. The van der Waals surface area contributed by atoms with Crippen molar-refractivity contribution in [1.29, 1.82) is 0 Å². The Labute approximate surface area is 152 Å². The monoisotopic (exact) mass is 362 g/mol. The summed E-state index contributed by atoms with van der Waals surface area (Å²) in [5.41, 5.74) is 3.93. The van der Waals surface area contributed by atoms with Gasteiger partial charge in [-0.1, -0.05) is 48.0 Å². The first-order valence-corrected chi connectivity index (χ1v) is 8.88. The fourth-order valence-electron chi connectivity index (χ4n) is 3.24. The average molecular weight is 363 g/mol. The zero-order chi connectivity index (χ0) is 17.8. The quantitative estimate of drug-likeness (QED) is 0.764. The lowest BCUT2D eigenvalue weighted by atomic mass is 9.94. The lowest BCUT2D eigenvalue weighted by Crippen LogP contribution is -2.33. The summed E-state index contributed by atoms with van der Waals surface area (Å²) in [6, 6.07) is 13.6. The standard InChI is InChI=1S/C20H23ClO4/c21-19-6-5-15(20-10-17(24)9-18(12-23)25-20)8-16(19)7-13-1-3-14(11-22)4-2-13/h1-6,8,17-18,20,22-24H,7,9-12H2/t17?,18-,20+/m0/s1. The molecule has 134 valence electrons. The Morgan fingerprint density at radius 3 is 2.40 bits per heavy atom. The average Bonchev–Trinajstić information content (AvgIpc) is 2.63. The molecule has 0 aliphatic carbocycles. The molecule has 5 heteroatoms. The highest BCUT2D eigenvalue weighted by atomic mass is 35.5. The van der Waals surface area contributed by atoms with Crippen molar-refractivity contribution in [2.75, 3.05) is 6.61 Å². The second-order valence-corrected chi connectivity index (χ2v) is 6.96. The Balaban J connectivity index is 1.79. The normalized spacial score (nSPS) is 23.6. The molecule has 0 radical (unpaired) electrons. The van der Waals surface area contributed by atoms with Gasteiger partial charge in [0.05, 0.1) is 31.5 Å². The van der Waals surface area contributed by atoms with Gasteiger partial charge in [-0.05, 0) is 34.7 Å². The number of aliphatic hydroxyl groups excluding tert-OH is 3. The fourth-order valence-corrected chi connectivity index (χ4v) is 3.42. The molecule has 3 rings (SSSR count). The van der Waals surface area contributed by atoms with Crippen LogP contribution in [0.25, 0.3) is 0 Å². The van der Waals surface area contributed by atoms with Crippen molar-refractivity contribution in [2.24, 2.45) is 0 Å². The second kappa shape index (κ2) is 8.30. The molecule has 1 unspecified atom stereocenters. The molecule has 2 aromatic carbocycles. The molecule has 0 spiro atoms. The zero-order valence-electron chi connectivity index (χ0n) is 13.9. The van der Waals surface area contributed by atoms with Crippen LogP contribution in [-0.2, 0) is 17.8 Å². The zero-order valence-corrected chi connectivity index (χ0v) is 14.7. The Morgan fingerprint density at radius 2 is 1.72 bits per heavy atom. The van der Waals surface area contributed by atoms with Crippen molar-refractivity contribution < 1.29 is 20.1 Å². The van der Waals surface area contributed by atoms with Gasteiger partial charge >= 0.3 is 0 Å². The van der Waals surface area contributed by atoms with Crippen LogP contribution in [0, 0.1) is 0 Å². The molecule has 25 heavy (non-hydrogen) atoms. The molecular weight excluding hydrogens is 340 g/mol. The molecule has 0 saturated carbocycles. The van der Waals surface area contributed by atoms with Gasteiger partial charge in [-0.25, -0.2) is 0 Å². The number of hydrogen-bond donors (Lipinski definition) is 3. The molecule has 0 aromatic heterocycles. The molecular formula is C20H23ClO4. The summed E-state index contributed by atoms with van der Waals surface area (Å²) in [4.78, 5) is 0. The third-order valence-electron chi connectivity index (χ3n) is 4.62. The predicted octanol–water partition coefficient (Wildman–Crippen LogP) is 3.00. The molecule has 2 aromatic rings. The Kier molecular flexibility index (Phi) is 6.10. The first-order chi connectivity index (χ1) is 12.1. The van der Waals surface area contributed by atoms with Gasteiger partial charge in [-0.2, -0.15) is 0 Å². The van der Waals surface area contributed by atoms with Gasteiger partial charge in [-0.3, -0.25) is 0 Å². The molecule has 1 aliphatic rings. The van der Waals surface area contributed by atoms with Gasteiger partial charge < -0.3 is 20.1 Å². The molecule has 3 atom stereocenters. The van der Waals surface area contributed by atoms with E-state index in [0.29, 0.717) is 24.3 Å². The van der Waals surface area contributed by atoms with E-state index in [0.717, 1.165) is 22.3 Å². The van der Waals surface area contributed by atoms with Crippen molar-refractivity contribution in [1.82, 2.24) is 0 Å². The van der Waals surface area contributed by atoms with Gasteiger partial charge in [0, 0.05) is 17.9 Å². The van der Waals surface area contributed by atoms with E-state index in [1.165, 1.54) is 0 Å². The summed E-state index contributed by atoms with van der Waals surface area (Å²) < 4.78 is 5.89. The maximum Gasteiger partial charge on any atom is 0.0854 e. The molecule has 1 fully saturated rings. The number of ether oxygens (including phenoxy) is 1. The van der Waals surface area contributed by atoms with E-state index in [1.54, 1.807) is 0 Å². The number of halogens is 1. The molecule has 1 aliphatic heterocycles. The number of benzene rings is 2. The highest BCUT2D eigenvalue weighted by Crippen LogP contribution is 2.33. The summed E-state index contributed by atoms with van der Waals surface area (Å²) >= 11 is 6.36. The number of aliphatic hydroxyl groups is 3. The summed E-state index contributed by atoms with van der Waals surface area (Å²) in [6.07, 6.45) is 0.610. The van der Waals surface area contributed by atoms with E-state index in [1.807, 2.05) is 42.5 Å². The van der Waals surface area contributed by atoms with Crippen molar-refractivity contribution >= 4 is 11.6 Å². The van der Waals surface area contributed by atoms with Crippen LogP contribution in [0.2, 0.25) is 5.02 Å². The minimum absolute atomic E-state index is 0.0316. The van der Waals surface area contributed by atoms with E-state index in [4.69, 9.17) is 21.4 Å². The van der Waals surface area contributed by atoms with Crippen molar-refractivity contribution in [3.05, 3.63) is 69.7 Å². The first-order valence-electron chi connectivity index (χ1n) is 8.50. The van der Waals surface area contributed by atoms with Gasteiger partial charge in [-0.15, -0.1) is 0 Å². The van der Waals surface area contributed by atoms with Crippen LogP contribution in [0.1, 0.15) is 41.2 Å². The highest BCUT2D eigenvalue weighted by molar-refractivity contribution is 6.31. The molecule has 1 saturated heterocycles. The van der Waals surface area contributed by atoms with Crippen LogP contribution in [0.4, 0.5) is 0 Å². The van der Waals surface area contributed by atoms with Gasteiger partial charge in [0.25, 0.3) is 0 Å². The van der Waals surface area contributed by atoms with Gasteiger partial charge in [0.1, 0.15) is 0 Å². The third kappa shape index (κ3) is 4.60. The van der Waals surface area contributed by atoms with E-state index in [-0.39, 0.29) is 25.4 Å². The molecule has 1 heterocycles. The maximum atomic E-state index is 10.0. The van der Waals surface area contributed by atoms with Crippen LogP contribution in [0.5, 0.6) is 0 Å². The number of hydrogen-bond acceptors (Lipinski definition) is 4. The molecule has 0 amide bonds. The molecule has 4 nitrogen and oxygen atoms in total. The van der Waals surface area contributed by atoms with Gasteiger partial charge in [0.2, 0.25) is 0 Å². The summed E-state index contributed by atoms with van der Waals surface area (Å²) in [5, 5.41) is 29.2. The van der Waals surface area contributed by atoms with Crippen LogP contribution >= 0.6 is 11.6 Å². The fraction of sp³-hybridized carbons (Fsp3) is 0.400. The second-order valence-electron chi connectivity index (χ2n) is 6.56. The van der Waals surface area contributed by atoms with Crippen LogP contribution in [0.15, 0.2) is 42.5 Å². The van der Waals surface area contributed by atoms with E-state index in [9.17, 15) is 10.2 Å². The SMILES string of the molecule is OCc1ccc(Cc2cc([C@H]3CC(O)C[C@@H](CO)O3)ccc2Cl)cc1. The Hall–Kier alpha value is -1.43. The van der Waals surface area contributed by atoms with Crippen molar-refractivity contribution in [3.8, 4) is 0 Å². The van der Waals surface area contributed by atoms with E-state index in [2.05, 4.69) is 0 Å². The minimum atomic E-state index is -0.471. The Bertz CT molecular complexity index is 701. The summed E-state index contributed by atoms with van der Waals surface area (Å²) in [7, 11) is 0. The van der Waals surface area contributed by atoms with E-state index < -0.39 is 6.10 Å².